The molecule has 1 aromatic carbocycles. The molecule has 2 heterocycles. The minimum absolute atomic E-state index is 0.0330. The van der Waals surface area contributed by atoms with Gasteiger partial charge in [0.15, 0.2) is 0 Å². The maximum absolute atomic E-state index is 12.6. The van der Waals surface area contributed by atoms with Crippen LogP contribution < -0.4 is 16.0 Å². The number of likely N-dealkylation sites (tertiary alicyclic amines) is 1. The Morgan fingerprint density at radius 3 is 2.50 bits per heavy atom. The van der Waals surface area contributed by atoms with Crippen molar-refractivity contribution >= 4 is 29.2 Å². The van der Waals surface area contributed by atoms with Gasteiger partial charge in [-0.1, -0.05) is 23.7 Å². The third-order valence-electron chi connectivity index (χ3n) is 5.73. The molecule has 0 radical (unpaired) electrons. The van der Waals surface area contributed by atoms with Gasteiger partial charge >= 0.3 is 6.03 Å². The molecule has 7 nitrogen and oxygen atoms in total. The molecule has 1 aliphatic rings. The quantitative estimate of drug-likeness (QED) is 0.589. The first-order chi connectivity index (χ1) is 15.3. The van der Waals surface area contributed by atoms with E-state index in [-0.39, 0.29) is 23.9 Å². The summed E-state index contributed by atoms with van der Waals surface area (Å²) >= 11 is 6.05. The number of anilines is 1. The van der Waals surface area contributed by atoms with Crippen LogP contribution in [0, 0.1) is 13.8 Å². The van der Waals surface area contributed by atoms with Crippen LogP contribution in [0.1, 0.15) is 42.6 Å². The predicted molar refractivity (Wildman–Crippen MR) is 128 cm³/mol. The molecule has 3 amide bonds. The number of carbonyl (C=O) groups is 2. The standard InChI is InChI=1S/C24H32ClN5O2/c1-16-13-22(14-17(2)27-16)29-24(32)26-9-12-30-10-7-21(8-11-30)28-23(31)18(3)19-5-4-6-20(25)15-19/h4-6,13-15,18,21H,7-12H2,1-3H3,(H,28,31)(H2,26,27,29,32). The number of aromatic nitrogens is 1. The fourth-order valence-electron chi connectivity index (χ4n) is 3.96. The third kappa shape index (κ3) is 7.21. The number of nitrogens with zero attached hydrogens (tertiary/aromatic N) is 2. The molecule has 32 heavy (non-hydrogen) atoms. The highest BCUT2D eigenvalue weighted by Gasteiger charge is 2.23. The van der Waals surface area contributed by atoms with Gasteiger partial charge in [-0.15, -0.1) is 0 Å². The van der Waals surface area contributed by atoms with Crippen LogP contribution in [-0.2, 0) is 4.79 Å². The zero-order chi connectivity index (χ0) is 23.1. The van der Waals surface area contributed by atoms with E-state index in [1.54, 1.807) is 0 Å². The van der Waals surface area contributed by atoms with E-state index in [4.69, 9.17) is 11.6 Å². The number of pyridine rings is 1. The zero-order valence-corrected chi connectivity index (χ0v) is 19.7. The first kappa shape index (κ1) is 24.0. The second kappa shape index (κ2) is 11.3. The van der Waals surface area contributed by atoms with Crippen molar-refractivity contribution in [1.29, 1.82) is 0 Å². The van der Waals surface area contributed by atoms with Gasteiger partial charge in [-0.05, 0) is 63.4 Å². The number of hydrogen-bond donors (Lipinski definition) is 3. The van der Waals surface area contributed by atoms with Crippen molar-refractivity contribution in [3.63, 3.8) is 0 Å². The van der Waals surface area contributed by atoms with Gasteiger partial charge in [0.1, 0.15) is 0 Å². The number of amides is 3. The van der Waals surface area contributed by atoms with Gasteiger partial charge in [0.25, 0.3) is 0 Å². The second-order valence-corrected chi connectivity index (χ2v) is 8.86. The summed E-state index contributed by atoms with van der Waals surface area (Å²) in [4.78, 5) is 31.4. The minimum Gasteiger partial charge on any atom is -0.353 e. The normalized spacial score (nSPS) is 15.8. The Morgan fingerprint density at radius 1 is 1.16 bits per heavy atom. The molecule has 0 bridgehead atoms. The van der Waals surface area contributed by atoms with Crippen molar-refractivity contribution in [3.05, 3.63) is 58.4 Å². The summed E-state index contributed by atoms with van der Waals surface area (Å²) < 4.78 is 0. The van der Waals surface area contributed by atoms with E-state index >= 15 is 0 Å². The molecule has 1 unspecified atom stereocenters. The summed E-state index contributed by atoms with van der Waals surface area (Å²) in [5.41, 5.74) is 3.42. The largest absolute Gasteiger partial charge is 0.353 e. The van der Waals surface area contributed by atoms with Gasteiger partial charge in [0.05, 0.1) is 5.92 Å². The van der Waals surface area contributed by atoms with Crippen LogP contribution in [-0.4, -0.2) is 54.0 Å². The number of halogens is 1. The average molecular weight is 458 g/mol. The number of aryl methyl sites for hydroxylation is 2. The zero-order valence-electron chi connectivity index (χ0n) is 19.0. The number of hydrogen-bond acceptors (Lipinski definition) is 4. The number of urea groups is 1. The van der Waals surface area contributed by atoms with Gasteiger partial charge in [-0.2, -0.15) is 0 Å². The molecule has 1 aliphatic heterocycles. The van der Waals surface area contributed by atoms with Crippen molar-refractivity contribution in [3.8, 4) is 0 Å². The Bertz CT molecular complexity index is 923. The van der Waals surface area contributed by atoms with Gasteiger partial charge < -0.3 is 20.9 Å². The molecule has 3 N–H and O–H groups in total. The van der Waals surface area contributed by atoms with Crippen LogP contribution in [0.15, 0.2) is 36.4 Å². The summed E-state index contributed by atoms with van der Waals surface area (Å²) in [5, 5.41) is 9.58. The van der Waals surface area contributed by atoms with Crippen molar-refractivity contribution in [2.24, 2.45) is 0 Å². The van der Waals surface area contributed by atoms with E-state index in [1.165, 1.54) is 0 Å². The van der Waals surface area contributed by atoms with Crippen LogP contribution in [0.25, 0.3) is 0 Å². The van der Waals surface area contributed by atoms with E-state index in [2.05, 4.69) is 25.8 Å². The van der Waals surface area contributed by atoms with E-state index in [0.717, 1.165) is 55.1 Å². The first-order valence-corrected chi connectivity index (χ1v) is 11.5. The molecule has 1 fully saturated rings. The monoisotopic (exact) mass is 457 g/mol. The van der Waals surface area contributed by atoms with E-state index in [9.17, 15) is 9.59 Å². The Balaban J connectivity index is 1.35. The average Bonchev–Trinajstić information content (AvgIpc) is 2.73. The smallest absolute Gasteiger partial charge is 0.319 e. The Labute approximate surface area is 194 Å². The van der Waals surface area contributed by atoms with Crippen molar-refractivity contribution in [2.45, 2.75) is 45.6 Å². The highest BCUT2D eigenvalue weighted by atomic mass is 35.5. The summed E-state index contributed by atoms with van der Waals surface area (Å²) in [6, 6.07) is 11.1. The number of rotatable bonds is 7. The topological polar surface area (TPSA) is 86.4 Å². The number of piperidine rings is 1. The summed E-state index contributed by atoms with van der Waals surface area (Å²) in [5.74, 6) is -0.201. The third-order valence-corrected chi connectivity index (χ3v) is 5.96. The lowest BCUT2D eigenvalue weighted by molar-refractivity contribution is -0.123. The van der Waals surface area contributed by atoms with Gasteiger partial charge in [-0.3, -0.25) is 9.78 Å². The van der Waals surface area contributed by atoms with Gasteiger partial charge in [-0.25, -0.2) is 4.79 Å². The molecule has 1 saturated heterocycles. The van der Waals surface area contributed by atoms with Crippen LogP contribution in [0.2, 0.25) is 5.02 Å². The fourth-order valence-corrected chi connectivity index (χ4v) is 4.16. The molecule has 8 heteroatoms. The highest BCUT2D eigenvalue weighted by Crippen LogP contribution is 2.20. The van der Waals surface area contributed by atoms with Crippen molar-refractivity contribution in [1.82, 2.24) is 20.5 Å². The van der Waals surface area contributed by atoms with Gasteiger partial charge in [0.2, 0.25) is 5.91 Å². The molecule has 1 atom stereocenters. The molecule has 172 valence electrons. The lowest BCUT2D eigenvalue weighted by Crippen LogP contribution is -2.47. The Hall–Kier alpha value is -2.64. The summed E-state index contributed by atoms with van der Waals surface area (Å²) in [7, 11) is 0. The molecule has 1 aromatic heterocycles. The molecular formula is C24H32ClN5O2. The highest BCUT2D eigenvalue weighted by molar-refractivity contribution is 6.30. The lowest BCUT2D eigenvalue weighted by Gasteiger charge is -2.32. The molecular weight excluding hydrogens is 426 g/mol. The van der Waals surface area contributed by atoms with E-state index in [0.29, 0.717) is 11.6 Å². The number of benzene rings is 1. The maximum atomic E-state index is 12.6. The first-order valence-electron chi connectivity index (χ1n) is 11.1. The second-order valence-electron chi connectivity index (χ2n) is 8.42. The minimum atomic E-state index is -0.234. The number of nitrogens with one attached hydrogen (secondary N) is 3. The summed E-state index contributed by atoms with van der Waals surface area (Å²) in [6.07, 6.45) is 1.80. The Kier molecular flexibility index (Phi) is 8.47. The fraction of sp³-hybridized carbons (Fsp3) is 0.458. The van der Waals surface area contributed by atoms with Crippen LogP contribution in [0.5, 0.6) is 0 Å². The molecule has 3 rings (SSSR count). The van der Waals surface area contributed by atoms with Crippen LogP contribution in [0.4, 0.5) is 10.5 Å². The van der Waals surface area contributed by atoms with E-state index < -0.39 is 0 Å². The van der Waals surface area contributed by atoms with E-state index in [1.807, 2.05) is 57.2 Å². The molecule has 0 spiro atoms. The van der Waals surface area contributed by atoms with Crippen molar-refractivity contribution < 1.29 is 9.59 Å². The summed E-state index contributed by atoms with van der Waals surface area (Å²) in [6.45, 7) is 8.84. The molecule has 0 aliphatic carbocycles. The lowest BCUT2D eigenvalue weighted by atomic mass is 9.98. The van der Waals surface area contributed by atoms with Crippen LogP contribution in [0.3, 0.4) is 0 Å². The maximum Gasteiger partial charge on any atom is 0.319 e. The molecule has 0 saturated carbocycles. The predicted octanol–water partition coefficient (Wildman–Crippen LogP) is 3.86. The Morgan fingerprint density at radius 2 is 1.84 bits per heavy atom. The van der Waals surface area contributed by atoms with Crippen LogP contribution >= 0.6 is 11.6 Å². The number of carbonyl (C=O) groups excluding carboxylic acids is 2. The van der Waals surface area contributed by atoms with Crippen molar-refractivity contribution in [2.75, 3.05) is 31.5 Å². The SMILES string of the molecule is Cc1cc(NC(=O)NCCN2CCC(NC(=O)C(C)c3cccc(Cl)c3)CC2)cc(C)n1. The van der Waals surface area contributed by atoms with Gasteiger partial charge in [0, 0.05) is 54.3 Å². The molecule has 2 aromatic rings.